The zero-order valence-corrected chi connectivity index (χ0v) is 15.9. The number of carbonyl (C=O) groups is 2. The van der Waals surface area contributed by atoms with Crippen LogP contribution >= 0.6 is 0 Å². The Hall–Kier alpha value is -3.94. The van der Waals surface area contributed by atoms with Gasteiger partial charge in [0.1, 0.15) is 5.75 Å². The smallest absolute Gasteiger partial charge is 0.259 e. The van der Waals surface area contributed by atoms with Crippen molar-refractivity contribution in [3.63, 3.8) is 0 Å². The molecule has 8 nitrogen and oxygen atoms in total. The van der Waals surface area contributed by atoms with Crippen LogP contribution in [0.25, 0.3) is 11.3 Å². The van der Waals surface area contributed by atoms with E-state index in [4.69, 9.17) is 4.74 Å². The van der Waals surface area contributed by atoms with Crippen molar-refractivity contribution in [2.45, 2.75) is 6.92 Å². The van der Waals surface area contributed by atoms with Crippen molar-refractivity contribution in [1.29, 1.82) is 0 Å². The zero-order chi connectivity index (χ0) is 20.5. The Morgan fingerprint density at radius 1 is 1.14 bits per heavy atom. The van der Waals surface area contributed by atoms with E-state index in [9.17, 15) is 9.59 Å². The molecule has 3 rings (SSSR count). The minimum absolute atomic E-state index is 0.171. The molecule has 0 radical (unpaired) electrons. The maximum absolute atomic E-state index is 11.8. The van der Waals surface area contributed by atoms with Crippen molar-refractivity contribution in [2.24, 2.45) is 5.10 Å². The van der Waals surface area contributed by atoms with Crippen LogP contribution in [-0.2, 0) is 9.59 Å². The predicted molar refractivity (Wildman–Crippen MR) is 109 cm³/mol. The first-order chi connectivity index (χ1) is 14.1. The van der Waals surface area contributed by atoms with E-state index in [1.54, 1.807) is 12.3 Å². The molecule has 0 aliphatic rings. The SMILES string of the molecule is Cc1cccc(OCC(=O)NCC(=O)N/N=C\c2cn[nH]c2-c2ccccc2)c1. The van der Waals surface area contributed by atoms with Crippen LogP contribution in [0.4, 0.5) is 0 Å². The normalized spacial score (nSPS) is 10.7. The highest BCUT2D eigenvalue weighted by Gasteiger charge is 2.07. The molecule has 0 aliphatic carbocycles. The van der Waals surface area contributed by atoms with E-state index in [1.807, 2.05) is 55.5 Å². The molecule has 3 aromatic rings. The summed E-state index contributed by atoms with van der Waals surface area (Å²) in [7, 11) is 0. The lowest BCUT2D eigenvalue weighted by molar-refractivity contribution is -0.127. The highest BCUT2D eigenvalue weighted by atomic mass is 16.5. The van der Waals surface area contributed by atoms with Crippen LogP contribution in [-0.4, -0.2) is 41.4 Å². The van der Waals surface area contributed by atoms with Gasteiger partial charge in [-0.15, -0.1) is 0 Å². The Morgan fingerprint density at radius 2 is 1.97 bits per heavy atom. The quantitative estimate of drug-likeness (QED) is 0.403. The minimum Gasteiger partial charge on any atom is -0.484 e. The van der Waals surface area contributed by atoms with Gasteiger partial charge in [0.25, 0.3) is 11.8 Å². The van der Waals surface area contributed by atoms with Crippen LogP contribution in [0.5, 0.6) is 5.75 Å². The van der Waals surface area contributed by atoms with Gasteiger partial charge < -0.3 is 10.1 Å². The van der Waals surface area contributed by atoms with Crippen molar-refractivity contribution in [1.82, 2.24) is 20.9 Å². The van der Waals surface area contributed by atoms with Crippen LogP contribution in [0, 0.1) is 6.92 Å². The molecule has 8 heteroatoms. The van der Waals surface area contributed by atoms with Gasteiger partial charge in [-0.1, -0.05) is 42.5 Å². The number of hydrazone groups is 1. The molecule has 29 heavy (non-hydrogen) atoms. The molecule has 2 amide bonds. The van der Waals surface area contributed by atoms with Crippen molar-refractivity contribution in [3.05, 3.63) is 71.9 Å². The van der Waals surface area contributed by atoms with Crippen LogP contribution in [0.1, 0.15) is 11.1 Å². The second-order valence-electron chi connectivity index (χ2n) is 6.24. The van der Waals surface area contributed by atoms with Gasteiger partial charge in [-0.2, -0.15) is 10.2 Å². The summed E-state index contributed by atoms with van der Waals surface area (Å²) in [6.07, 6.45) is 3.11. The molecule has 1 heterocycles. The number of aromatic nitrogens is 2. The number of amides is 2. The predicted octanol–water partition coefficient (Wildman–Crippen LogP) is 2.03. The van der Waals surface area contributed by atoms with Crippen molar-refractivity contribution < 1.29 is 14.3 Å². The van der Waals surface area contributed by atoms with Gasteiger partial charge in [0, 0.05) is 11.1 Å². The second-order valence-corrected chi connectivity index (χ2v) is 6.24. The molecule has 0 bridgehead atoms. The molecule has 148 valence electrons. The topological polar surface area (TPSA) is 108 Å². The number of aryl methyl sites for hydroxylation is 1. The number of nitrogens with one attached hydrogen (secondary N) is 3. The maximum atomic E-state index is 11.8. The molecule has 0 unspecified atom stereocenters. The third kappa shape index (κ3) is 6.03. The summed E-state index contributed by atoms with van der Waals surface area (Å²) < 4.78 is 5.38. The Kier molecular flexibility index (Phi) is 6.72. The molecule has 0 saturated carbocycles. The molecule has 0 saturated heterocycles. The van der Waals surface area contributed by atoms with Crippen LogP contribution < -0.4 is 15.5 Å². The first kappa shape index (κ1) is 19.8. The first-order valence-corrected chi connectivity index (χ1v) is 8.98. The average Bonchev–Trinajstić information content (AvgIpc) is 3.20. The molecular weight excluding hydrogens is 370 g/mol. The number of aromatic amines is 1. The van der Waals surface area contributed by atoms with E-state index < -0.39 is 11.8 Å². The van der Waals surface area contributed by atoms with Gasteiger partial charge in [-0.25, -0.2) is 5.43 Å². The lowest BCUT2D eigenvalue weighted by Crippen LogP contribution is -2.37. The van der Waals surface area contributed by atoms with Gasteiger partial charge in [0.15, 0.2) is 6.61 Å². The highest BCUT2D eigenvalue weighted by molar-refractivity contribution is 5.90. The summed E-state index contributed by atoms with van der Waals surface area (Å²) in [6.45, 7) is 1.56. The van der Waals surface area contributed by atoms with Crippen molar-refractivity contribution in [2.75, 3.05) is 13.2 Å². The average molecular weight is 391 g/mol. The first-order valence-electron chi connectivity index (χ1n) is 8.98. The molecule has 0 fully saturated rings. The van der Waals surface area contributed by atoms with Crippen LogP contribution in [0.2, 0.25) is 0 Å². The van der Waals surface area contributed by atoms with Gasteiger partial charge >= 0.3 is 0 Å². The number of hydrogen-bond acceptors (Lipinski definition) is 5. The van der Waals surface area contributed by atoms with Crippen LogP contribution in [0.3, 0.4) is 0 Å². The fourth-order valence-electron chi connectivity index (χ4n) is 2.53. The van der Waals surface area contributed by atoms with Crippen molar-refractivity contribution in [3.8, 4) is 17.0 Å². The maximum Gasteiger partial charge on any atom is 0.259 e. The van der Waals surface area contributed by atoms with Gasteiger partial charge in [-0.3, -0.25) is 14.7 Å². The minimum atomic E-state index is -0.449. The summed E-state index contributed by atoms with van der Waals surface area (Å²) in [5, 5.41) is 13.3. The fraction of sp³-hybridized carbons (Fsp3) is 0.143. The van der Waals surface area contributed by atoms with Crippen LogP contribution in [0.15, 0.2) is 65.9 Å². The number of ether oxygens (including phenoxy) is 1. The van der Waals surface area contributed by atoms with E-state index in [-0.39, 0.29) is 13.2 Å². The molecule has 3 N–H and O–H groups in total. The van der Waals surface area contributed by atoms with Crippen molar-refractivity contribution >= 4 is 18.0 Å². The number of carbonyl (C=O) groups excluding carboxylic acids is 2. The van der Waals surface area contributed by atoms with Gasteiger partial charge in [0.05, 0.1) is 24.7 Å². The standard InChI is InChI=1S/C21H21N5O3/c1-15-6-5-9-18(10-15)29-14-20(28)22-13-19(27)25-23-11-17-12-24-26-21(17)16-7-3-2-4-8-16/h2-12H,13-14H2,1H3,(H,22,28)(H,24,26)(H,25,27)/b23-11-. The molecule has 0 atom stereocenters. The Balaban J connectivity index is 1.42. The monoisotopic (exact) mass is 391 g/mol. The van der Waals surface area contributed by atoms with Gasteiger partial charge in [0.2, 0.25) is 0 Å². The molecule has 0 spiro atoms. The largest absolute Gasteiger partial charge is 0.484 e. The lowest BCUT2D eigenvalue weighted by Gasteiger charge is -2.07. The number of rotatable bonds is 8. The third-order valence-corrected chi connectivity index (χ3v) is 3.93. The third-order valence-electron chi connectivity index (χ3n) is 3.93. The summed E-state index contributed by atoms with van der Waals surface area (Å²) >= 11 is 0. The molecular formula is C21H21N5O3. The molecule has 0 aliphatic heterocycles. The number of benzene rings is 2. The van der Waals surface area contributed by atoms with E-state index in [0.29, 0.717) is 5.75 Å². The zero-order valence-electron chi connectivity index (χ0n) is 15.9. The van der Waals surface area contributed by atoms with E-state index in [1.165, 1.54) is 6.21 Å². The highest BCUT2D eigenvalue weighted by Crippen LogP contribution is 2.18. The summed E-state index contributed by atoms with van der Waals surface area (Å²) in [5.41, 5.74) is 5.89. The Morgan fingerprint density at radius 3 is 2.76 bits per heavy atom. The number of H-pyrrole nitrogens is 1. The summed E-state index contributed by atoms with van der Waals surface area (Å²) in [5.74, 6) is -0.245. The van der Waals surface area contributed by atoms with E-state index in [0.717, 1.165) is 22.4 Å². The summed E-state index contributed by atoms with van der Waals surface area (Å²) in [4.78, 5) is 23.6. The Labute approximate surface area is 168 Å². The van der Waals surface area contributed by atoms with E-state index >= 15 is 0 Å². The fourth-order valence-corrected chi connectivity index (χ4v) is 2.53. The number of nitrogens with zero attached hydrogens (tertiary/aromatic N) is 2. The van der Waals surface area contributed by atoms with Gasteiger partial charge in [-0.05, 0) is 24.6 Å². The Bertz CT molecular complexity index is 998. The second kappa shape index (κ2) is 9.84. The lowest BCUT2D eigenvalue weighted by atomic mass is 10.1. The summed E-state index contributed by atoms with van der Waals surface area (Å²) in [6, 6.07) is 17.0. The number of hydrogen-bond donors (Lipinski definition) is 3. The van der Waals surface area contributed by atoms with E-state index in [2.05, 4.69) is 26.0 Å². The molecule has 1 aromatic heterocycles. The molecule has 2 aromatic carbocycles.